The van der Waals surface area contributed by atoms with Gasteiger partial charge >= 0.3 is 0 Å². The van der Waals surface area contributed by atoms with Gasteiger partial charge in [0, 0.05) is 50.3 Å². The highest BCUT2D eigenvalue weighted by Crippen LogP contribution is 2.22. The van der Waals surface area contributed by atoms with Gasteiger partial charge in [-0.25, -0.2) is 4.98 Å². The van der Waals surface area contributed by atoms with Crippen LogP contribution in [0.2, 0.25) is 0 Å². The molecule has 4 heterocycles. The summed E-state index contributed by atoms with van der Waals surface area (Å²) in [4.78, 5) is 15.3. The Bertz CT molecular complexity index is 765. The van der Waals surface area contributed by atoms with Crippen molar-refractivity contribution in [1.29, 1.82) is 0 Å². The molecule has 1 N–H and O–H groups in total. The molecule has 7 heteroatoms. The van der Waals surface area contributed by atoms with Gasteiger partial charge in [-0.2, -0.15) is 4.98 Å². The van der Waals surface area contributed by atoms with E-state index in [0.29, 0.717) is 11.7 Å². The topological polar surface area (TPSA) is 80.0 Å². The van der Waals surface area contributed by atoms with E-state index >= 15 is 0 Å². The summed E-state index contributed by atoms with van der Waals surface area (Å²) in [5.41, 5.74) is 1.64. The van der Waals surface area contributed by atoms with Crippen molar-refractivity contribution in [3.05, 3.63) is 42.9 Å². The molecule has 0 unspecified atom stereocenters. The van der Waals surface area contributed by atoms with Crippen LogP contribution >= 0.6 is 0 Å². The number of pyridine rings is 2. The van der Waals surface area contributed by atoms with Gasteiger partial charge in [0.2, 0.25) is 5.82 Å². The summed E-state index contributed by atoms with van der Waals surface area (Å²) in [7, 11) is 0. The Balaban J connectivity index is 1.55. The summed E-state index contributed by atoms with van der Waals surface area (Å²) >= 11 is 0. The molecule has 1 aliphatic heterocycles. The van der Waals surface area contributed by atoms with Crippen LogP contribution in [0.15, 0.2) is 47.4 Å². The maximum atomic E-state index is 5.34. The Morgan fingerprint density at radius 2 is 1.96 bits per heavy atom. The molecule has 3 aromatic rings. The minimum Gasteiger partial charge on any atom is -0.354 e. The lowest BCUT2D eigenvalue weighted by molar-refractivity contribution is 0.432. The molecule has 0 saturated carbocycles. The number of nitrogens with one attached hydrogen (secondary N) is 1. The average Bonchev–Trinajstić information content (AvgIpc) is 3.14. The Kier molecular flexibility index (Phi) is 3.69. The first-order valence-corrected chi connectivity index (χ1v) is 7.56. The van der Waals surface area contributed by atoms with Gasteiger partial charge in [-0.1, -0.05) is 5.16 Å². The minimum absolute atomic E-state index is 0.461. The molecule has 0 radical (unpaired) electrons. The number of nitrogens with zero attached hydrogens (tertiary/aromatic N) is 5. The molecule has 0 aromatic carbocycles. The predicted molar refractivity (Wildman–Crippen MR) is 85.8 cm³/mol. The molecule has 1 aliphatic rings. The van der Waals surface area contributed by atoms with Gasteiger partial charge in [0.05, 0.1) is 5.56 Å². The quantitative estimate of drug-likeness (QED) is 0.787. The standard InChI is InChI=1S/C16H16N6O/c1-2-12(10-18-5-1)15-20-16(23-21-15)13-3-4-14(19-11-13)22-8-6-17-7-9-22/h1-5,10-11,17H,6-9H2. The first kappa shape index (κ1) is 13.8. The normalized spacial score (nSPS) is 14.9. The van der Waals surface area contributed by atoms with E-state index in [1.54, 1.807) is 18.6 Å². The third-order valence-corrected chi connectivity index (χ3v) is 3.78. The highest BCUT2D eigenvalue weighted by Gasteiger charge is 2.14. The first-order chi connectivity index (χ1) is 11.4. The van der Waals surface area contributed by atoms with Crippen LogP contribution in [0.3, 0.4) is 0 Å². The number of piperazine rings is 1. The van der Waals surface area contributed by atoms with E-state index < -0.39 is 0 Å². The molecule has 7 nitrogen and oxygen atoms in total. The molecule has 116 valence electrons. The summed E-state index contributed by atoms with van der Waals surface area (Å²) in [6.45, 7) is 3.92. The van der Waals surface area contributed by atoms with Crippen LogP contribution in [0, 0.1) is 0 Å². The summed E-state index contributed by atoms with van der Waals surface area (Å²) in [5.74, 6) is 1.96. The maximum Gasteiger partial charge on any atom is 0.259 e. The van der Waals surface area contributed by atoms with Crippen molar-refractivity contribution in [2.24, 2.45) is 0 Å². The fraction of sp³-hybridized carbons (Fsp3) is 0.250. The Morgan fingerprint density at radius 3 is 2.70 bits per heavy atom. The molecule has 1 fully saturated rings. The summed E-state index contributed by atoms with van der Waals surface area (Å²) in [6, 6.07) is 7.70. The van der Waals surface area contributed by atoms with Crippen LogP contribution in [0.25, 0.3) is 22.8 Å². The van der Waals surface area contributed by atoms with Gasteiger partial charge in [-0.3, -0.25) is 4.98 Å². The number of hydrogen-bond acceptors (Lipinski definition) is 7. The number of hydrogen-bond donors (Lipinski definition) is 1. The predicted octanol–water partition coefficient (Wildman–Crippen LogP) is 1.60. The summed E-state index contributed by atoms with van der Waals surface area (Å²) in [6.07, 6.45) is 5.20. The van der Waals surface area contributed by atoms with E-state index in [1.807, 2.05) is 24.3 Å². The molecule has 0 atom stereocenters. The lowest BCUT2D eigenvalue weighted by Crippen LogP contribution is -2.43. The van der Waals surface area contributed by atoms with E-state index in [1.165, 1.54) is 0 Å². The molecular weight excluding hydrogens is 292 g/mol. The molecule has 23 heavy (non-hydrogen) atoms. The third kappa shape index (κ3) is 2.91. The van der Waals surface area contributed by atoms with E-state index in [9.17, 15) is 0 Å². The monoisotopic (exact) mass is 308 g/mol. The second-order valence-electron chi connectivity index (χ2n) is 5.31. The molecule has 0 aliphatic carbocycles. The molecule has 3 aromatic heterocycles. The Morgan fingerprint density at radius 1 is 1.04 bits per heavy atom. The molecule has 1 saturated heterocycles. The largest absolute Gasteiger partial charge is 0.354 e. The van der Waals surface area contributed by atoms with Crippen LogP contribution in [-0.4, -0.2) is 46.3 Å². The van der Waals surface area contributed by atoms with Crippen LogP contribution in [0.1, 0.15) is 0 Å². The zero-order chi connectivity index (χ0) is 15.5. The van der Waals surface area contributed by atoms with Gasteiger partial charge in [0.25, 0.3) is 5.89 Å². The van der Waals surface area contributed by atoms with Crippen molar-refractivity contribution in [3.8, 4) is 22.8 Å². The molecular formula is C16H16N6O. The van der Waals surface area contributed by atoms with Gasteiger partial charge in [0.15, 0.2) is 0 Å². The fourth-order valence-electron chi connectivity index (χ4n) is 2.55. The minimum atomic E-state index is 0.461. The highest BCUT2D eigenvalue weighted by atomic mass is 16.5. The van der Waals surface area contributed by atoms with Crippen molar-refractivity contribution in [2.75, 3.05) is 31.1 Å². The van der Waals surface area contributed by atoms with Crippen LogP contribution in [0.4, 0.5) is 5.82 Å². The Labute approximate surface area is 133 Å². The van der Waals surface area contributed by atoms with Crippen molar-refractivity contribution >= 4 is 5.82 Å². The fourth-order valence-corrected chi connectivity index (χ4v) is 2.55. The summed E-state index contributed by atoms with van der Waals surface area (Å²) in [5, 5.41) is 7.33. The molecule has 4 rings (SSSR count). The second-order valence-corrected chi connectivity index (χ2v) is 5.31. The van der Waals surface area contributed by atoms with Crippen molar-refractivity contribution in [3.63, 3.8) is 0 Å². The van der Waals surface area contributed by atoms with E-state index in [4.69, 9.17) is 4.52 Å². The van der Waals surface area contributed by atoms with Crippen molar-refractivity contribution in [2.45, 2.75) is 0 Å². The average molecular weight is 308 g/mol. The maximum absolute atomic E-state index is 5.34. The van der Waals surface area contributed by atoms with Crippen molar-refractivity contribution in [1.82, 2.24) is 25.4 Å². The highest BCUT2D eigenvalue weighted by molar-refractivity contribution is 5.59. The number of rotatable bonds is 3. The van der Waals surface area contributed by atoms with Crippen LogP contribution in [-0.2, 0) is 0 Å². The molecule has 0 bridgehead atoms. The lowest BCUT2D eigenvalue weighted by Gasteiger charge is -2.28. The molecule has 0 spiro atoms. The van der Waals surface area contributed by atoms with Gasteiger partial charge in [-0.05, 0) is 24.3 Å². The Hall–Kier alpha value is -2.80. The summed E-state index contributed by atoms with van der Waals surface area (Å²) < 4.78 is 5.34. The van der Waals surface area contributed by atoms with Gasteiger partial charge < -0.3 is 14.7 Å². The SMILES string of the molecule is c1cncc(-c2noc(-c3ccc(N4CCNCC4)nc3)n2)c1. The smallest absolute Gasteiger partial charge is 0.259 e. The zero-order valence-corrected chi connectivity index (χ0v) is 12.5. The van der Waals surface area contributed by atoms with E-state index in [-0.39, 0.29) is 0 Å². The second kappa shape index (κ2) is 6.13. The third-order valence-electron chi connectivity index (χ3n) is 3.78. The lowest BCUT2D eigenvalue weighted by atomic mass is 10.2. The van der Waals surface area contributed by atoms with Crippen LogP contribution in [0.5, 0.6) is 0 Å². The van der Waals surface area contributed by atoms with E-state index in [0.717, 1.165) is 43.1 Å². The number of anilines is 1. The van der Waals surface area contributed by atoms with E-state index in [2.05, 4.69) is 30.3 Å². The zero-order valence-electron chi connectivity index (χ0n) is 12.5. The van der Waals surface area contributed by atoms with Crippen LogP contribution < -0.4 is 10.2 Å². The van der Waals surface area contributed by atoms with Gasteiger partial charge in [-0.15, -0.1) is 0 Å². The van der Waals surface area contributed by atoms with Gasteiger partial charge in [0.1, 0.15) is 5.82 Å². The first-order valence-electron chi connectivity index (χ1n) is 7.56. The van der Waals surface area contributed by atoms with Crippen molar-refractivity contribution < 1.29 is 4.52 Å². The number of aromatic nitrogens is 4. The molecule has 0 amide bonds.